The molecule has 1 aliphatic rings. The van der Waals surface area contributed by atoms with E-state index in [2.05, 4.69) is 38.7 Å². The molecule has 2 unspecified atom stereocenters. The Morgan fingerprint density at radius 2 is 2.12 bits per heavy atom. The molecule has 0 radical (unpaired) electrons. The maximum Gasteiger partial charge on any atom is 0.133 e. The Balaban J connectivity index is 2.43. The second kappa shape index (κ2) is 4.65. The molecule has 2 rings (SSSR count). The number of nitrogens with zero attached hydrogens (tertiary/aromatic N) is 2. The molecule has 94 valence electrons. The molecule has 1 saturated heterocycles. The van der Waals surface area contributed by atoms with Gasteiger partial charge in [0.1, 0.15) is 5.82 Å². The fourth-order valence-electron chi connectivity index (χ4n) is 2.93. The molecule has 1 aromatic rings. The molecular weight excluding hydrogens is 210 g/mol. The Morgan fingerprint density at radius 3 is 2.65 bits per heavy atom. The van der Waals surface area contributed by atoms with E-state index >= 15 is 0 Å². The Hall–Kier alpha value is -1.09. The lowest BCUT2D eigenvalue weighted by atomic mass is 10.1. The van der Waals surface area contributed by atoms with Crippen LogP contribution >= 0.6 is 0 Å². The van der Waals surface area contributed by atoms with E-state index in [1.807, 2.05) is 0 Å². The van der Waals surface area contributed by atoms with Gasteiger partial charge in [0, 0.05) is 30.4 Å². The van der Waals surface area contributed by atoms with E-state index in [4.69, 9.17) is 10.7 Å². The van der Waals surface area contributed by atoms with Gasteiger partial charge in [0.05, 0.1) is 0 Å². The van der Waals surface area contributed by atoms with Gasteiger partial charge in [-0.1, -0.05) is 6.92 Å². The molecule has 17 heavy (non-hydrogen) atoms. The summed E-state index contributed by atoms with van der Waals surface area (Å²) in [4.78, 5) is 7.14. The predicted octanol–water partition coefficient (Wildman–Crippen LogP) is 2.39. The van der Waals surface area contributed by atoms with Crippen molar-refractivity contribution in [1.82, 2.24) is 4.98 Å². The van der Waals surface area contributed by atoms with E-state index in [0.717, 1.165) is 24.0 Å². The SMILES string of the molecule is Cc1cc(C)c(CN)c(N2CC(C)CC2C)n1. The number of nitrogens with two attached hydrogens (primary N) is 1. The minimum atomic E-state index is 0.573. The summed E-state index contributed by atoms with van der Waals surface area (Å²) in [5, 5.41) is 0. The van der Waals surface area contributed by atoms with Gasteiger partial charge in [0.2, 0.25) is 0 Å². The summed E-state index contributed by atoms with van der Waals surface area (Å²) in [6, 6.07) is 2.69. The van der Waals surface area contributed by atoms with Crippen LogP contribution in [-0.2, 0) is 6.54 Å². The highest BCUT2D eigenvalue weighted by Crippen LogP contribution is 2.31. The third-order valence-electron chi connectivity index (χ3n) is 3.71. The van der Waals surface area contributed by atoms with Gasteiger partial charge in [0.15, 0.2) is 0 Å². The van der Waals surface area contributed by atoms with Crippen LogP contribution in [0.1, 0.15) is 37.1 Å². The van der Waals surface area contributed by atoms with Gasteiger partial charge in [0.25, 0.3) is 0 Å². The molecular formula is C14H23N3. The van der Waals surface area contributed by atoms with Crippen LogP contribution in [-0.4, -0.2) is 17.6 Å². The zero-order valence-corrected chi connectivity index (χ0v) is 11.3. The van der Waals surface area contributed by atoms with Gasteiger partial charge in [-0.15, -0.1) is 0 Å². The van der Waals surface area contributed by atoms with Crippen LogP contribution < -0.4 is 10.6 Å². The van der Waals surface area contributed by atoms with Crippen molar-refractivity contribution in [2.75, 3.05) is 11.4 Å². The molecule has 1 aromatic heterocycles. The molecule has 2 heterocycles. The fraction of sp³-hybridized carbons (Fsp3) is 0.643. The summed E-state index contributed by atoms with van der Waals surface area (Å²) in [7, 11) is 0. The molecule has 0 amide bonds. The summed E-state index contributed by atoms with van der Waals surface area (Å²) in [6.45, 7) is 10.5. The number of hydrogen-bond donors (Lipinski definition) is 1. The monoisotopic (exact) mass is 233 g/mol. The maximum absolute atomic E-state index is 5.88. The number of aryl methyl sites for hydroxylation is 2. The van der Waals surface area contributed by atoms with E-state index in [1.54, 1.807) is 0 Å². The van der Waals surface area contributed by atoms with Crippen molar-refractivity contribution in [3.63, 3.8) is 0 Å². The van der Waals surface area contributed by atoms with Crippen molar-refractivity contribution in [3.05, 3.63) is 22.9 Å². The lowest BCUT2D eigenvalue weighted by molar-refractivity contribution is 0.625. The van der Waals surface area contributed by atoms with E-state index in [-0.39, 0.29) is 0 Å². The van der Waals surface area contributed by atoms with Gasteiger partial charge in [-0.3, -0.25) is 0 Å². The number of rotatable bonds is 2. The van der Waals surface area contributed by atoms with Crippen LogP contribution in [0.15, 0.2) is 6.07 Å². The molecule has 2 atom stereocenters. The summed E-state index contributed by atoms with van der Waals surface area (Å²) in [6.07, 6.45) is 1.25. The van der Waals surface area contributed by atoms with Crippen molar-refractivity contribution in [3.8, 4) is 0 Å². The van der Waals surface area contributed by atoms with Crippen LogP contribution in [0.2, 0.25) is 0 Å². The van der Waals surface area contributed by atoms with Crippen LogP contribution in [0.4, 0.5) is 5.82 Å². The van der Waals surface area contributed by atoms with Gasteiger partial charge >= 0.3 is 0 Å². The fourth-order valence-corrected chi connectivity index (χ4v) is 2.93. The Kier molecular flexibility index (Phi) is 3.38. The Labute approximate surface area is 104 Å². The van der Waals surface area contributed by atoms with E-state index in [0.29, 0.717) is 12.6 Å². The Bertz CT molecular complexity index is 414. The van der Waals surface area contributed by atoms with Crippen LogP contribution in [0, 0.1) is 19.8 Å². The first-order valence-electron chi connectivity index (χ1n) is 6.46. The van der Waals surface area contributed by atoms with Gasteiger partial charge in [-0.2, -0.15) is 0 Å². The first-order valence-corrected chi connectivity index (χ1v) is 6.46. The zero-order valence-electron chi connectivity index (χ0n) is 11.3. The highest BCUT2D eigenvalue weighted by Gasteiger charge is 2.28. The van der Waals surface area contributed by atoms with Crippen molar-refractivity contribution in [2.45, 2.75) is 46.7 Å². The highest BCUT2D eigenvalue weighted by molar-refractivity contribution is 5.53. The lowest BCUT2D eigenvalue weighted by Crippen LogP contribution is -2.29. The highest BCUT2D eigenvalue weighted by atomic mass is 15.2. The van der Waals surface area contributed by atoms with E-state index in [9.17, 15) is 0 Å². The molecule has 0 saturated carbocycles. The average Bonchev–Trinajstić information content (AvgIpc) is 2.56. The second-order valence-electron chi connectivity index (χ2n) is 5.43. The number of anilines is 1. The largest absolute Gasteiger partial charge is 0.353 e. The minimum absolute atomic E-state index is 0.573. The molecule has 0 spiro atoms. The van der Waals surface area contributed by atoms with Crippen LogP contribution in [0.25, 0.3) is 0 Å². The van der Waals surface area contributed by atoms with Crippen molar-refractivity contribution in [2.24, 2.45) is 11.7 Å². The maximum atomic E-state index is 5.88. The molecule has 1 aliphatic heterocycles. The molecule has 2 N–H and O–H groups in total. The zero-order chi connectivity index (χ0) is 12.6. The quantitative estimate of drug-likeness (QED) is 0.853. The molecule has 1 fully saturated rings. The summed E-state index contributed by atoms with van der Waals surface area (Å²) in [5.41, 5.74) is 9.44. The summed E-state index contributed by atoms with van der Waals surface area (Å²) < 4.78 is 0. The first kappa shape index (κ1) is 12.4. The number of aromatic nitrogens is 1. The third-order valence-corrected chi connectivity index (χ3v) is 3.71. The van der Waals surface area contributed by atoms with Crippen molar-refractivity contribution >= 4 is 5.82 Å². The van der Waals surface area contributed by atoms with Crippen molar-refractivity contribution < 1.29 is 0 Å². The normalized spacial score (nSPS) is 24.4. The predicted molar refractivity (Wildman–Crippen MR) is 72.2 cm³/mol. The standard InChI is InChI=1S/C14H23N3/c1-9-5-12(4)17(8-9)14-13(7-15)10(2)6-11(3)16-14/h6,9,12H,5,7-8,15H2,1-4H3. The van der Waals surface area contributed by atoms with Gasteiger partial charge < -0.3 is 10.6 Å². The van der Waals surface area contributed by atoms with Crippen LogP contribution in [0.3, 0.4) is 0 Å². The lowest BCUT2D eigenvalue weighted by Gasteiger charge is -2.26. The molecule has 3 heteroatoms. The molecule has 0 aromatic carbocycles. The Morgan fingerprint density at radius 1 is 1.41 bits per heavy atom. The van der Waals surface area contributed by atoms with Gasteiger partial charge in [-0.05, 0) is 44.7 Å². The average molecular weight is 233 g/mol. The number of hydrogen-bond acceptors (Lipinski definition) is 3. The van der Waals surface area contributed by atoms with E-state index in [1.165, 1.54) is 17.5 Å². The molecule has 0 aliphatic carbocycles. The molecule has 0 bridgehead atoms. The third kappa shape index (κ3) is 2.29. The summed E-state index contributed by atoms with van der Waals surface area (Å²) in [5.74, 6) is 1.86. The summed E-state index contributed by atoms with van der Waals surface area (Å²) >= 11 is 0. The minimum Gasteiger partial charge on any atom is -0.353 e. The van der Waals surface area contributed by atoms with Crippen LogP contribution in [0.5, 0.6) is 0 Å². The smallest absolute Gasteiger partial charge is 0.133 e. The number of pyridine rings is 1. The molecule has 3 nitrogen and oxygen atoms in total. The first-order chi connectivity index (χ1) is 8.02. The topological polar surface area (TPSA) is 42.1 Å². The van der Waals surface area contributed by atoms with E-state index < -0.39 is 0 Å². The second-order valence-corrected chi connectivity index (χ2v) is 5.43. The van der Waals surface area contributed by atoms with Gasteiger partial charge in [-0.25, -0.2) is 4.98 Å². The van der Waals surface area contributed by atoms with Crippen molar-refractivity contribution in [1.29, 1.82) is 0 Å².